The summed E-state index contributed by atoms with van der Waals surface area (Å²) in [6, 6.07) is 6.09. The third kappa shape index (κ3) is 3.18. The zero-order valence-corrected chi connectivity index (χ0v) is 13.6. The monoisotopic (exact) mass is 331 g/mol. The van der Waals surface area contributed by atoms with Gasteiger partial charge in [-0.15, -0.1) is 0 Å². The van der Waals surface area contributed by atoms with Gasteiger partial charge in [-0.05, 0) is 6.07 Å². The molecule has 7 nitrogen and oxygen atoms in total. The molecule has 0 bridgehead atoms. The Morgan fingerprint density at radius 2 is 2.21 bits per heavy atom. The van der Waals surface area contributed by atoms with Crippen LogP contribution in [0.4, 0.5) is 0 Å². The lowest BCUT2D eigenvalue weighted by atomic mass is 10.1. The van der Waals surface area contributed by atoms with Crippen LogP contribution in [0, 0.1) is 0 Å². The fraction of sp³-hybridized carbons (Fsp3) is 0.471. The minimum Gasteiger partial charge on any atom is -0.486 e. The highest BCUT2D eigenvalue weighted by Gasteiger charge is 2.30. The highest BCUT2D eigenvalue weighted by Crippen LogP contribution is 2.33. The average molecular weight is 331 g/mol. The van der Waals surface area contributed by atoms with Gasteiger partial charge in [0, 0.05) is 19.2 Å². The van der Waals surface area contributed by atoms with Gasteiger partial charge in [-0.2, -0.15) is 5.10 Å². The molecule has 2 aromatic rings. The molecule has 4 rings (SSSR count). The van der Waals surface area contributed by atoms with Crippen molar-refractivity contribution in [3.63, 3.8) is 0 Å². The normalized spacial score (nSPS) is 22.5. The Bertz CT molecular complexity index is 703. The average Bonchev–Trinajstić information content (AvgIpc) is 3.22. The number of nitrogens with zero attached hydrogens (tertiary/aromatic N) is 2. The topological polar surface area (TPSA) is 66.8 Å². The Balaban J connectivity index is 1.40. The molecule has 1 fully saturated rings. The van der Waals surface area contributed by atoms with E-state index in [-0.39, 0.29) is 12.1 Å². The zero-order chi connectivity index (χ0) is 16.4. The summed E-state index contributed by atoms with van der Waals surface area (Å²) in [6.45, 7) is 3.05. The zero-order valence-electron chi connectivity index (χ0n) is 13.6. The Labute approximate surface area is 140 Å². The second kappa shape index (κ2) is 6.70. The summed E-state index contributed by atoms with van der Waals surface area (Å²) in [6.07, 6.45) is 3.54. The first-order chi connectivity index (χ1) is 11.8. The lowest BCUT2D eigenvalue weighted by Gasteiger charge is -2.23. The van der Waals surface area contributed by atoms with Crippen molar-refractivity contribution in [3.05, 3.63) is 36.2 Å². The molecule has 3 heterocycles. The van der Waals surface area contributed by atoms with Crippen LogP contribution in [0.1, 0.15) is 5.56 Å². The van der Waals surface area contributed by atoms with E-state index >= 15 is 0 Å². The van der Waals surface area contributed by atoms with E-state index in [0.29, 0.717) is 33.0 Å². The first-order valence-corrected chi connectivity index (χ1v) is 8.13. The van der Waals surface area contributed by atoms with Gasteiger partial charge in [-0.1, -0.05) is 12.1 Å². The van der Waals surface area contributed by atoms with Crippen LogP contribution < -0.4 is 19.5 Å². The number of hydrogen-bond acceptors (Lipinski definition) is 6. The Kier molecular flexibility index (Phi) is 4.27. The van der Waals surface area contributed by atoms with E-state index < -0.39 is 0 Å². The maximum atomic E-state index is 5.98. The van der Waals surface area contributed by atoms with Crippen LogP contribution in [0.3, 0.4) is 0 Å². The smallest absolute Gasteiger partial charge is 0.165 e. The van der Waals surface area contributed by atoms with Gasteiger partial charge < -0.3 is 24.3 Å². The molecule has 1 aromatic heterocycles. The van der Waals surface area contributed by atoms with Crippen LogP contribution in [0.15, 0.2) is 30.6 Å². The summed E-state index contributed by atoms with van der Waals surface area (Å²) < 4.78 is 24.7. The van der Waals surface area contributed by atoms with Crippen molar-refractivity contribution in [1.82, 2.24) is 15.1 Å². The third-order valence-corrected chi connectivity index (χ3v) is 4.20. The van der Waals surface area contributed by atoms with E-state index in [1.165, 1.54) is 0 Å². The molecule has 1 N–H and O–H groups in total. The van der Waals surface area contributed by atoms with E-state index in [1.54, 1.807) is 10.9 Å². The maximum Gasteiger partial charge on any atom is 0.165 e. The van der Waals surface area contributed by atoms with E-state index in [4.69, 9.17) is 18.9 Å². The number of para-hydroxylation sites is 1. The predicted octanol–water partition coefficient (Wildman–Crippen LogP) is 1.13. The van der Waals surface area contributed by atoms with Crippen LogP contribution in [-0.4, -0.2) is 48.4 Å². The molecule has 0 aliphatic carbocycles. The minimum atomic E-state index is -0.0362. The Morgan fingerprint density at radius 1 is 1.29 bits per heavy atom. The first kappa shape index (κ1) is 15.3. The van der Waals surface area contributed by atoms with Gasteiger partial charge in [0.2, 0.25) is 0 Å². The number of aryl methyl sites for hydroxylation is 1. The molecule has 0 radical (unpaired) electrons. The van der Waals surface area contributed by atoms with Gasteiger partial charge in [-0.3, -0.25) is 4.68 Å². The predicted molar refractivity (Wildman–Crippen MR) is 86.5 cm³/mol. The Hall–Kier alpha value is -2.25. The lowest BCUT2D eigenvalue weighted by Crippen LogP contribution is -2.41. The third-order valence-electron chi connectivity index (χ3n) is 4.20. The van der Waals surface area contributed by atoms with Crippen molar-refractivity contribution in [2.75, 3.05) is 26.4 Å². The van der Waals surface area contributed by atoms with Crippen LogP contribution in [0.5, 0.6) is 17.2 Å². The fourth-order valence-electron chi connectivity index (χ4n) is 2.99. The molecule has 128 valence electrons. The molecule has 24 heavy (non-hydrogen) atoms. The number of nitrogens with one attached hydrogen (secondary N) is 1. The first-order valence-electron chi connectivity index (χ1n) is 8.13. The molecule has 0 spiro atoms. The number of benzene rings is 1. The molecule has 1 saturated heterocycles. The van der Waals surface area contributed by atoms with Crippen molar-refractivity contribution in [3.8, 4) is 17.2 Å². The maximum absolute atomic E-state index is 5.98. The lowest BCUT2D eigenvalue weighted by molar-refractivity contribution is 0.139. The van der Waals surface area contributed by atoms with Crippen LogP contribution >= 0.6 is 0 Å². The molecule has 7 heteroatoms. The molecule has 2 atom stereocenters. The molecular formula is C17H21N3O4. The van der Waals surface area contributed by atoms with E-state index in [9.17, 15) is 0 Å². The van der Waals surface area contributed by atoms with Crippen LogP contribution in [-0.2, 0) is 18.3 Å². The molecule has 0 amide bonds. The molecule has 2 aliphatic rings. The molecule has 2 aliphatic heterocycles. The van der Waals surface area contributed by atoms with Gasteiger partial charge in [0.15, 0.2) is 17.2 Å². The summed E-state index contributed by atoms with van der Waals surface area (Å²) in [5.74, 6) is 2.40. The molecule has 0 unspecified atom stereocenters. The molecule has 1 aromatic carbocycles. The van der Waals surface area contributed by atoms with Crippen LogP contribution in [0.25, 0.3) is 0 Å². The van der Waals surface area contributed by atoms with Crippen molar-refractivity contribution in [2.45, 2.75) is 18.7 Å². The van der Waals surface area contributed by atoms with E-state index in [2.05, 4.69) is 10.4 Å². The minimum absolute atomic E-state index is 0.0362. The number of rotatable bonds is 5. The number of fused-ring (bicyclic) bond motifs is 1. The summed E-state index contributed by atoms with van der Waals surface area (Å²) in [5, 5.41) is 7.64. The molecular weight excluding hydrogens is 310 g/mol. The Morgan fingerprint density at radius 3 is 3.08 bits per heavy atom. The SMILES string of the molecule is Cn1cc(O[C@@H]2COC[C@@H]2NCc2cccc3c2OCCO3)cn1. The highest BCUT2D eigenvalue weighted by atomic mass is 16.6. The van der Waals surface area contributed by atoms with E-state index in [1.807, 2.05) is 31.4 Å². The van der Waals surface area contributed by atoms with Gasteiger partial charge in [-0.25, -0.2) is 0 Å². The van der Waals surface area contributed by atoms with E-state index in [0.717, 1.165) is 22.8 Å². The van der Waals surface area contributed by atoms with Crippen molar-refractivity contribution in [2.24, 2.45) is 7.05 Å². The number of aromatic nitrogens is 2. The van der Waals surface area contributed by atoms with Gasteiger partial charge in [0.25, 0.3) is 0 Å². The van der Waals surface area contributed by atoms with Gasteiger partial charge in [0.1, 0.15) is 19.3 Å². The largest absolute Gasteiger partial charge is 0.486 e. The second-order valence-electron chi connectivity index (χ2n) is 5.97. The summed E-state index contributed by atoms with van der Waals surface area (Å²) >= 11 is 0. The highest BCUT2D eigenvalue weighted by molar-refractivity contribution is 5.47. The summed E-state index contributed by atoms with van der Waals surface area (Å²) in [7, 11) is 1.87. The quantitative estimate of drug-likeness (QED) is 0.886. The fourth-order valence-corrected chi connectivity index (χ4v) is 2.99. The van der Waals surface area contributed by atoms with Crippen molar-refractivity contribution < 1.29 is 18.9 Å². The van der Waals surface area contributed by atoms with Gasteiger partial charge >= 0.3 is 0 Å². The number of hydrogen-bond donors (Lipinski definition) is 1. The standard InChI is InChI=1S/C17H21N3O4/c1-20-9-13(8-19-20)24-16-11-21-10-14(16)18-7-12-3-2-4-15-17(12)23-6-5-22-15/h2-4,8-9,14,16,18H,5-7,10-11H2,1H3/t14-,16+/m0/s1. The van der Waals surface area contributed by atoms with Crippen molar-refractivity contribution in [1.29, 1.82) is 0 Å². The molecule has 0 saturated carbocycles. The summed E-state index contributed by atoms with van der Waals surface area (Å²) in [5.41, 5.74) is 1.08. The summed E-state index contributed by atoms with van der Waals surface area (Å²) in [4.78, 5) is 0. The van der Waals surface area contributed by atoms with Crippen LogP contribution in [0.2, 0.25) is 0 Å². The van der Waals surface area contributed by atoms with Crippen molar-refractivity contribution >= 4 is 0 Å². The number of ether oxygens (including phenoxy) is 4. The second-order valence-corrected chi connectivity index (χ2v) is 5.97. The van der Waals surface area contributed by atoms with Gasteiger partial charge in [0.05, 0.1) is 31.6 Å².